The van der Waals surface area contributed by atoms with Crippen molar-refractivity contribution >= 4 is 51.9 Å². The Balaban J connectivity index is 1.75. The van der Waals surface area contributed by atoms with E-state index in [0.29, 0.717) is 11.3 Å². The highest BCUT2D eigenvalue weighted by Crippen LogP contribution is 2.38. The summed E-state index contributed by atoms with van der Waals surface area (Å²) in [4.78, 5) is 33.0. The molecule has 3 rings (SSSR count). The molecule has 6 nitrogen and oxygen atoms in total. The fourth-order valence-corrected chi connectivity index (χ4v) is 4.52. The second kappa shape index (κ2) is 5.74. The van der Waals surface area contributed by atoms with E-state index in [1.54, 1.807) is 24.2 Å². The molecule has 0 aromatic carbocycles. The number of hydrogen-bond donors (Lipinski definition) is 1. The Morgan fingerprint density at radius 3 is 3.00 bits per heavy atom. The zero-order chi connectivity index (χ0) is 15.0. The molecule has 0 aliphatic carbocycles. The Morgan fingerprint density at radius 1 is 1.52 bits per heavy atom. The number of carbonyl (C=O) groups excluding carboxylic acids is 1. The molecule has 1 aromatic rings. The lowest BCUT2D eigenvalue weighted by atomic mass is 10.2. The van der Waals surface area contributed by atoms with Crippen molar-refractivity contribution in [3.63, 3.8) is 0 Å². The van der Waals surface area contributed by atoms with E-state index in [2.05, 4.69) is 9.97 Å². The minimum Gasteiger partial charge on any atom is -0.480 e. The van der Waals surface area contributed by atoms with Crippen molar-refractivity contribution in [2.45, 2.75) is 16.7 Å². The molecule has 1 amide bonds. The van der Waals surface area contributed by atoms with Crippen molar-refractivity contribution < 1.29 is 14.7 Å². The van der Waals surface area contributed by atoms with E-state index in [0.717, 1.165) is 27.4 Å². The minimum atomic E-state index is -1.08. The van der Waals surface area contributed by atoms with Crippen molar-refractivity contribution in [1.29, 1.82) is 0 Å². The summed E-state index contributed by atoms with van der Waals surface area (Å²) < 4.78 is 0.283. The third-order valence-corrected chi connectivity index (χ3v) is 5.46. The summed E-state index contributed by atoms with van der Waals surface area (Å²) in [5, 5.41) is 9.74. The Kier molecular flexibility index (Phi) is 3.96. The van der Waals surface area contributed by atoms with Crippen molar-refractivity contribution in [3.8, 4) is 0 Å². The molecule has 1 N–H and O–H groups in total. The highest BCUT2D eigenvalue weighted by molar-refractivity contribution is 8.26. The number of nitrogens with zero attached hydrogens (tertiary/aromatic N) is 3. The number of thioether (sulfide) groups is 2. The van der Waals surface area contributed by atoms with Gasteiger partial charge in [-0.15, -0.1) is 0 Å². The van der Waals surface area contributed by atoms with Crippen LogP contribution in [0.3, 0.4) is 0 Å². The van der Waals surface area contributed by atoms with Crippen LogP contribution in [0.2, 0.25) is 0 Å². The summed E-state index contributed by atoms with van der Waals surface area (Å²) in [5.74, 6) is -1.42. The van der Waals surface area contributed by atoms with Gasteiger partial charge in [-0.05, 0) is 0 Å². The Labute approximate surface area is 134 Å². The highest BCUT2D eigenvalue weighted by atomic mass is 32.2. The third-order valence-electron chi connectivity index (χ3n) is 2.90. The molecule has 0 radical (unpaired) electrons. The molecule has 108 valence electrons. The molecular formula is C12H9N3O3S3. The molecule has 2 aliphatic rings. The lowest BCUT2D eigenvalue weighted by molar-refractivity contribution is -0.140. The Hall–Kier alpha value is -1.45. The van der Waals surface area contributed by atoms with Gasteiger partial charge in [-0.2, -0.15) is 0 Å². The van der Waals surface area contributed by atoms with Crippen LogP contribution >= 0.6 is 35.7 Å². The van der Waals surface area contributed by atoms with Crippen LogP contribution in [-0.4, -0.2) is 48.0 Å². The van der Waals surface area contributed by atoms with Crippen LogP contribution in [0.5, 0.6) is 0 Å². The average molecular weight is 339 g/mol. The fourth-order valence-electron chi connectivity index (χ4n) is 2.02. The first-order chi connectivity index (χ1) is 10.0. The maximum absolute atomic E-state index is 12.2. The second-order valence-electron chi connectivity index (χ2n) is 4.35. The number of carboxylic acids is 1. The van der Waals surface area contributed by atoms with Crippen LogP contribution in [-0.2, 0) is 16.0 Å². The maximum Gasteiger partial charge on any atom is 0.323 e. The van der Waals surface area contributed by atoms with Gasteiger partial charge < -0.3 is 5.11 Å². The van der Waals surface area contributed by atoms with Gasteiger partial charge in [0.25, 0.3) is 5.91 Å². The van der Waals surface area contributed by atoms with E-state index in [1.165, 1.54) is 0 Å². The number of carboxylic acid groups (broad SMARTS) is 1. The first-order valence-corrected chi connectivity index (χ1v) is 8.09. The van der Waals surface area contributed by atoms with Gasteiger partial charge in [-0.25, -0.2) is 4.98 Å². The number of aliphatic carboxylic acids is 1. The lowest BCUT2D eigenvalue weighted by Gasteiger charge is -2.10. The number of thiocarbonyl (C=S) groups is 1. The van der Waals surface area contributed by atoms with E-state index >= 15 is 0 Å². The van der Waals surface area contributed by atoms with Crippen LogP contribution in [0.25, 0.3) is 0 Å². The molecule has 1 atom stereocenters. The maximum atomic E-state index is 12.2. The van der Waals surface area contributed by atoms with Crippen molar-refractivity contribution in [1.82, 2.24) is 14.9 Å². The predicted octanol–water partition coefficient (Wildman–Crippen LogP) is 1.32. The van der Waals surface area contributed by atoms with Gasteiger partial charge in [0.15, 0.2) is 0 Å². The van der Waals surface area contributed by atoms with Gasteiger partial charge in [0.05, 0.1) is 10.6 Å². The number of rotatable bonds is 3. The molecule has 3 heterocycles. The molecule has 0 spiro atoms. The topological polar surface area (TPSA) is 83.4 Å². The quantitative estimate of drug-likeness (QED) is 0.652. The van der Waals surface area contributed by atoms with E-state index in [-0.39, 0.29) is 15.5 Å². The summed E-state index contributed by atoms with van der Waals surface area (Å²) in [6.07, 6.45) is 5.82. The van der Waals surface area contributed by atoms with Crippen molar-refractivity contribution in [2.75, 3.05) is 6.54 Å². The smallest absolute Gasteiger partial charge is 0.323 e. The van der Waals surface area contributed by atoms with Gasteiger partial charge in [-0.3, -0.25) is 19.5 Å². The zero-order valence-electron chi connectivity index (χ0n) is 10.6. The molecule has 1 fully saturated rings. The summed E-state index contributed by atoms with van der Waals surface area (Å²) >= 11 is 7.74. The normalized spacial score (nSPS) is 23.0. The summed E-state index contributed by atoms with van der Waals surface area (Å²) in [6.45, 7) is -0.400. The number of amides is 1. The zero-order valence-corrected chi connectivity index (χ0v) is 13.0. The predicted molar refractivity (Wildman–Crippen MR) is 83.0 cm³/mol. The molecule has 2 aliphatic heterocycles. The summed E-state index contributed by atoms with van der Waals surface area (Å²) in [6, 6.07) is 0. The Morgan fingerprint density at radius 2 is 2.29 bits per heavy atom. The molecule has 9 heteroatoms. The van der Waals surface area contributed by atoms with E-state index in [9.17, 15) is 9.59 Å². The number of aromatic nitrogens is 2. The number of hydrogen-bond acceptors (Lipinski definition) is 7. The van der Waals surface area contributed by atoms with Crippen molar-refractivity contribution in [2.24, 2.45) is 0 Å². The minimum absolute atomic E-state index is 0.0708. The van der Waals surface area contributed by atoms with Gasteiger partial charge in [0.1, 0.15) is 15.9 Å². The van der Waals surface area contributed by atoms with E-state index < -0.39 is 12.5 Å². The van der Waals surface area contributed by atoms with E-state index in [1.807, 2.05) is 6.08 Å². The van der Waals surface area contributed by atoms with Crippen LogP contribution in [0.15, 0.2) is 28.4 Å². The number of fused-ring (bicyclic) bond motifs is 1. The van der Waals surface area contributed by atoms with Gasteiger partial charge in [0, 0.05) is 24.1 Å². The van der Waals surface area contributed by atoms with Crippen LogP contribution in [0.1, 0.15) is 5.69 Å². The summed E-state index contributed by atoms with van der Waals surface area (Å²) in [7, 11) is 0. The first kappa shape index (κ1) is 14.5. The van der Waals surface area contributed by atoms with Gasteiger partial charge >= 0.3 is 5.97 Å². The van der Waals surface area contributed by atoms with Crippen LogP contribution < -0.4 is 0 Å². The monoisotopic (exact) mass is 339 g/mol. The van der Waals surface area contributed by atoms with Crippen LogP contribution in [0, 0.1) is 0 Å². The summed E-state index contributed by atoms with van der Waals surface area (Å²) in [5.41, 5.74) is 0.921. The largest absolute Gasteiger partial charge is 0.480 e. The molecule has 1 aromatic heterocycles. The van der Waals surface area contributed by atoms with Gasteiger partial charge in [0.2, 0.25) is 0 Å². The molecule has 1 saturated heterocycles. The average Bonchev–Trinajstić information content (AvgIpc) is 2.94. The lowest BCUT2D eigenvalue weighted by Crippen LogP contribution is -2.33. The first-order valence-electron chi connectivity index (χ1n) is 5.98. The molecule has 0 saturated carbocycles. The standard InChI is InChI=1S/C12H9N3O3S3/c16-9(17)5-15-11(18)8(21-12(15)19)4-6-3-7-10(20-6)14-2-1-13-7/h1-2,4,6H,3,5H2,(H,16,17)/b8-4+. The SMILES string of the molecule is O=C(O)CN1C(=O)/C(=C\C2Cc3nccnc3S2)SC1=S. The highest BCUT2D eigenvalue weighted by Gasteiger charge is 2.35. The molecule has 1 unspecified atom stereocenters. The molecule has 0 bridgehead atoms. The fraction of sp³-hybridized carbons (Fsp3) is 0.250. The van der Waals surface area contributed by atoms with Crippen molar-refractivity contribution in [3.05, 3.63) is 29.1 Å². The number of carbonyl (C=O) groups is 2. The molecule has 21 heavy (non-hydrogen) atoms. The Bertz CT molecular complexity index is 652. The van der Waals surface area contributed by atoms with Crippen LogP contribution in [0.4, 0.5) is 0 Å². The second-order valence-corrected chi connectivity index (χ2v) is 7.26. The van der Waals surface area contributed by atoms with Gasteiger partial charge in [-0.1, -0.05) is 41.8 Å². The third kappa shape index (κ3) is 2.94. The molecular weight excluding hydrogens is 330 g/mol. The van der Waals surface area contributed by atoms with E-state index in [4.69, 9.17) is 17.3 Å².